The maximum atomic E-state index is 14.9. The van der Waals surface area contributed by atoms with Crippen molar-refractivity contribution in [3.05, 3.63) is 50.8 Å². The van der Waals surface area contributed by atoms with E-state index in [1.54, 1.807) is 25.1 Å². The maximum absolute atomic E-state index is 14.9. The third-order valence-electron chi connectivity index (χ3n) is 3.48. The van der Waals surface area contributed by atoms with Crippen LogP contribution in [0.4, 0.5) is 15.8 Å². The third-order valence-corrected chi connectivity index (χ3v) is 4.29. The van der Waals surface area contributed by atoms with E-state index in [1.165, 1.54) is 13.2 Å². The number of anilines is 2. The van der Waals surface area contributed by atoms with Gasteiger partial charge in [0.25, 0.3) is 0 Å². The van der Waals surface area contributed by atoms with Crippen LogP contribution in [0.3, 0.4) is 0 Å². The van der Waals surface area contributed by atoms with Gasteiger partial charge in [0, 0.05) is 9.86 Å². The largest absolute Gasteiger partial charge is 0.465 e. The van der Waals surface area contributed by atoms with E-state index in [1.807, 2.05) is 0 Å². The van der Waals surface area contributed by atoms with Crippen LogP contribution in [-0.4, -0.2) is 18.2 Å². The quantitative estimate of drug-likeness (QED) is 0.596. The first-order chi connectivity index (χ1) is 11.4. The van der Waals surface area contributed by atoms with E-state index in [0.717, 1.165) is 4.47 Å². The minimum atomic E-state index is -0.743. The lowest BCUT2D eigenvalue weighted by Gasteiger charge is -2.13. The van der Waals surface area contributed by atoms with Crippen LogP contribution in [0.2, 0.25) is 5.02 Å². The number of nitrogens with zero attached hydrogens (tertiary/aromatic N) is 1. The molecule has 1 aromatic heterocycles. The SMILES string of the molecule is COC(=O)c1cc2c(C)noc2c(F)c1Nc1ccc(Br)cc1Cl. The number of hydrogen-bond acceptors (Lipinski definition) is 5. The summed E-state index contributed by atoms with van der Waals surface area (Å²) in [5.74, 6) is -1.43. The number of rotatable bonds is 3. The van der Waals surface area contributed by atoms with Crippen LogP contribution in [0, 0.1) is 12.7 Å². The Morgan fingerprint density at radius 1 is 1.42 bits per heavy atom. The van der Waals surface area contributed by atoms with E-state index in [9.17, 15) is 9.18 Å². The summed E-state index contributed by atoms with van der Waals surface area (Å²) in [6.45, 7) is 1.66. The maximum Gasteiger partial charge on any atom is 0.340 e. The number of methoxy groups -OCH3 is 1. The number of aryl methyl sites for hydroxylation is 1. The lowest BCUT2D eigenvalue weighted by molar-refractivity contribution is 0.0601. The summed E-state index contributed by atoms with van der Waals surface area (Å²) >= 11 is 9.45. The smallest absolute Gasteiger partial charge is 0.340 e. The Hall–Kier alpha value is -2.12. The van der Waals surface area contributed by atoms with Crippen LogP contribution in [-0.2, 0) is 4.74 Å². The van der Waals surface area contributed by atoms with Crippen molar-refractivity contribution >= 4 is 55.8 Å². The number of esters is 1. The van der Waals surface area contributed by atoms with Gasteiger partial charge in [-0.25, -0.2) is 9.18 Å². The standard InChI is InChI=1S/C16H11BrClFN2O3/c1-7-9-6-10(16(22)23-2)14(13(19)15(9)24-21-7)20-12-4-3-8(17)5-11(12)18/h3-6,20H,1-2H3. The van der Waals surface area contributed by atoms with E-state index in [4.69, 9.17) is 20.9 Å². The first kappa shape index (κ1) is 16.7. The normalized spacial score (nSPS) is 10.9. The van der Waals surface area contributed by atoms with Crippen molar-refractivity contribution in [2.45, 2.75) is 6.92 Å². The summed E-state index contributed by atoms with van der Waals surface area (Å²) < 4.78 is 25.4. The molecule has 0 aliphatic rings. The van der Waals surface area contributed by atoms with Gasteiger partial charge in [0.1, 0.15) is 0 Å². The van der Waals surface area contributed by atoms with Crippen LogP contribution in [0.5, 0.6) is 0 Å². The van der Waals surface area contributed by atoms with Gasteiger partial charge in [0.15, 0.2) is 5.82 Å². The van der Waals surface area contributed by atoms with Crippen molar-refractivity contribution in [3.63, 3.8) is 0 Å². The summed E-state index contributed by atoms with van der Waals surface area (Å²) in [6, 6.07) is 6.52. The fraction of sp³-hybridized carbons (Fsp3) is 0.125. The Bertz CT molecular complexity index is 958. The minimum absolute atomic E-state index is 0.0211. The van der Waals surface area contributed by atoms with Gasteiger partial charge in [-0.15, -0.1) is 0 Å². The highest BCUT2D eigenvalue weighted by molar-refractivity contribution is 9.10. The third kappa shape index (κ3) is 2.85. The number of hydrogen-bond donors (Lipinski definition) is 1. The summed E-state index contributed by atoms with van der Waals surface area (Å²) in [4.78, 5) is 12.1. The molecule has 0 radical (unpaired) electrons. The molecule has 8 heteroatoms. The summed E-state index contributed by atoms with van der Waals surface area (Å²) in [5, 5.41) is 7.33. The zero-order valence-electron chi connectivity index (χ0n) is 12.6. The molecule has 0 saturated heterocycles. The predicted octanol–water partition coefficient (Wildman–Crippen LogP) is 5.22. The molecule has 0 aliphatic heterocycles. The molecule has 1 N–H and O–H groups in total. The highest BCUT2D eigenvalue weighted by atomic mass is 79.9. The van der Waals surface area contributed by atoms with Crippen LogP contribution in [0.1, 0.15) is 16.1 Å². The molecule has 24 heavy (non-hydrogen) atoms. The van der Waals surface area contributed by atoms with Gasteiger partial charge in [0.2, 0.25) is 5.58 Å². The number of aromatic nitrogens is 1. The number of fused-ring (bicyclic) bond motifs is 1. The summed E-state index contributed by atoms with van der Waals surface area (Å²) in [7, 11) is 1.22. The molecule has 2 aromatic carbocycles. The van der Waals surface area contributed by atoms with Gasteiger partial charge in [-0.2, -0.15) is 0 Å². The van der Waals surface area contributed by atoms with Gasteiger partial charge in [-0.1, -0.05) is 32.7 Å². The second-order valence-corrected chi connectivity index (χ2v) is 6.32. The average Bonchev–Trinajstić information content (AvgIpc) is 2.92. The molecule has 0 aliphatic carbocycles. The first-order valence-corrected chi connectivity index (χ1v) is 7.98. The van der Waals surface area contributed by atoms with Crippen LogP contribution >= 0.6 is 27.5 Å². The Kier molecular flexibility index (Phi) is 4.47. The molecular weight excluding hydrogens is 403 g/mol. The molecule has 5 nitrogen and oxygen atoms in total. The van der Waals surface area contributed by atoms with Crippen molar-refractivity contribution in [2.75, 3.05) is 12.4 Å². The molecule has 3 aromatic rings. The molecule has 1 heterocycles. The molecule has 0 atom stereocenters. The van der Waals surface area contributed by atoms with E-state index in [-0.39, 0.29) is 16.8 Å². The Morgan fingerprint density at radius 3 is 2.83 bits per heavy atom. The summed E-state index contributed by atoms with van der Waals surface area (Å²) in [6.07, 6.45) is 0. The Morgan fingerprint density at radius 2 is 2.17 bits per heavy atom. The Labute approximate surface area is 149 Å². The van der Waals surface area contributed by atoms with Gasteiger partial charge in [-0.3, -0.25) is 0 Å². The second kappa shape index (κ2) is 6.41. The fourth-order valence-electron chi connectivity index (χ4n) is 2.27. The summed E-state index contributed by atoms with van der Waals surface area (Å²) in [5.41, 5.74) is 0.792. The van der Waals surface area contributed by atoms with Crippen molar-refractivity contribution in [2.24, 2.45) is 0 Å². The molecule has 0 amide bonds. The van der Waals surface area contributed by atoms with Crippen LogP contribution in [0.25, 0.3) is 11.0 Å². The molecule has 124 valence electrons. The topological polar surface area (TPSA) is 64.4 Å². The molecular formula is C16H11BrClFN2O3. The molecule has 0 saturated carbocycles. The number of ether oxygens (including phenoxy) is 1. The minimum Gasteiger partial charge on any atom is -0.465 e. The zero-order chi connectivity index (χ0) is 17.4. The average molecular weight is 414 g/mol. The number of benzene rings is 2. The molecule has 0 spiro atoms. The monoisotopic (exact) mass is 412 g/mol. The van der Waals surface area contributed by atoms with E-state index >= 15 is 0 Å². The molecule has 3 rings (SSSR count). The van der Waals surface area contributed by atoms with E-state index in [0.29, 0.717) is 21.8 Å². The number of nitrogens with one attached hydrogen (secondary N) is 1. The second-order valence-electron chi connectivity index (χ2n) is 5.00. The van der Waals surface area contributed by atoms with Gasteiger partial charge in [0.05, 0.1) is 34.8 Å². The van der Waals surface area contributed by atoms with Crippen molar-refractivity contribution < 1.29 is 18.4 Å². The van der Waals surface area contributed by atoms with Crippen molar-refractivity contribution in [1.29, 1.82) is 0 Å². The number of carbonyl (C=O) groups is 1. The molecule has 0 fully saturated rings. The Balaban J connectivity index is 2.21. The van der Waals surface area contributed by atoms with Crippen molar-refractivity contribution in [3.8, 4) is 0 Å². The first-order valence-electron chi connectivity index (χ1n) is 6.81. The van der Waals surface area contributed by atoms with Crippen molar-refractivity contribution in [1.82, 2.24) is 5.16 Å². The van der Waals surface area contributed by atoms with Crippen LogP contribution in [0.15, 0.2) is 33.3 Å². The van der Waals surface area contributed by atoms with E-state index < -0.39 is 11.8 Å². The lowest BCUT2D eigenvalue weighted by Crippen LogP contribution is -2.08. The lowest BCUT2D eigenvalue weighted by atomic mass is 10.1. The van der Waals surface area contributed by atoms with E-state index in [2.05, 4.69) is 26.4 Å². The van der Waals surface area contributed by atoms with Gasteiger partial charge >= 0.3 is 5.97 Å². The molecule has 0 unspecified atom stereocenters. The van der Waals surface area contributed by atoms with Crippen LogP contribution < -0.4 is 5.32 Å². The molecule has 0 bridgehead atoms. The predicted molar refractivity (Wildman–Crippen MR) is 92.5 cm³/mol. The highest BCUT2D eigenvalue weighted by Crippen LogP contribution is 2.35. The van der Waals surface area contributed by atoms with Gasteiger partial charge < -0.3 is 14.6 Å². The highest BCUT2D eigenvalue weighted by Gasteiger charge is 2.23. The number of carbonyl (C=O) groups excluding carboxylic acids is 1. The fourth-order valence-corrected chi connectivity index (χ4v) is 2.99. The number of halogens is 3. The zero-order valence-corrected chi connectivity index (χ0v) is 15.0. The van der Waals surface area contributed by atoms with Gasteiger partial charge in [-0.05, 0) is 31.2 Å².